The lowest BCUT2D eigenvalue weighted by Crippen LogP contribution is -2.19. The summed E-state index contributed by atoms with van der Waals surface area (Å²) < 4.78 is 5.82. The zero-order valence-electron chi connectivity index (χ0n) is 20.3. The van der Waals surface area contributed by atoms with Crippen LogP contribution in [0.3, 0.4) is 0 Å². The third-order valence-corrected chi connectivity index (χ3v) is 5.33. The number of amides is 2. The molecule has 0 spiro atoms. The Bertz CT molecular complexity index is 1320. The number of carbonyl (C=O) groups excluding carboxylic acids is 2. The third kappa shape index (κ3) is 6.51. The molecule has 0 saturated heterocycles. The average molecular weight is 480 g/mol. The Balaban J connectivity index is 1.45. The lowest BCUT2D eigenvalue weighted by molar-refractivity contribution is 0.102. The van der Waals surface area contributed by atoms with Gasteiger partial charge < -0.3 is 20.7 Å². The average Bonchev–Trinajstić information content (AvgIpc) is 2.89. The van der Waals surface area contributed by atoms with Crippen molar-refractivity contribution in [3.8, 4) is 5.75 Å². The van der Waals surface area contributed by atoms with Crippen molar-refractivity contribution in [2.24, 2.45) is 5.92 Å². The first-order valence-electron chi connectivity index (χ1n) is 11.9. The highest BCUT2D eigenvalue weighted by Crippen LogP contribution is 2.24. The molecule has 2 amide bonds. The van der Waals surface area contributed by atoms with Crippen LogP contribution in [-0.2, 0) is 0 Å². The molecule has 0 unspecified atom stereocenters. The number of benzene rings is 4. The molecule has 0 aliphatic carbocycles. The van der Waals surface area contributed by atoms with E-state index in [-0.39, 0.29) is 11.8 Å². The summed E-state index contributed by atoms with van der Waals surface area (Å²) in [6.07, 6.45) is 0. The van der Waals surface area contributed by atoms with Gasteiger partial charge in [-0.25, -0.2) is 0 Å². The van der Waals surface area contributed by atoms with Crippen LogP contribution in [0.1, 0.15) is 34.6 Å². The molecule has 6 nitrogen and oxygen atoms in total. The minimum absolute atomic E-state index is 0.320. The molecule has 6 heteroatoms. The van der Waals surface area contributed by atoms with Crippen molar-refractivity contribution in [1.29, 1.82) is 0 Å². The molecule has 0 bridgehead atoms. The fourth-order valence-electron chi connectivity index (χ4n) is 3.54. The predicted octanol–water partition coefficient (Wildman–Crippen LogP) is 6.97. The molecule has 0 atom stereocenters. The molecular formula is C30H29N3O3. The Labute approximate surface area is 211 Å². The number of hydrogen-bond acceptors (Lipinski definition) is 4. The molecule has 0 heterocycles. The van der Waals surface area contributed by atoms with E-state index < -0.39 is 0 Å². The minimum atomic E-state index is -0.342. The first-order valence-corrected chi connectivity index (χ1v) is 11.9. The molecule has 4 aromatic carbocycles. The van der Waals surface area contributed by atoms with Crippen molar-refractivity contribution < 1.29 is 14.3 Å². The van der Waals surface area contributed by atoms with Gasteiger partial charge in [-0.1, -0.05) is 56.3 Å². The number of rotatable bonds is 9. The lowest BCUT2D eigenvalue weighted by atomic mass is 10.1. The summed E-state index contributed by atoms with van der Waals surface area (Å²) >= 11 is 0. The molecule has 0 fully saturated rings. The van der Waals surface area contributed by atoms with E-state index in [1.165, 1.54) is 0 Å². The normalized spacial score (nSPS) is 10.5. The monoisotopic (exact) mass is 479 g/mol. The second kappa shape index (κ2) is 11.7. The molecule has 4 aromatic rings. The first kappa shape index (κ1) is 24.5. The Kier molecular flexibility index (Phi) is 7.98. The van der Waals surface area contributed by atoms with Crippen LogP contribution in [0.5, 0.6) is 5.75 Å². The molecule has 182 valence electrons. The number of ether oxygens (including phenoxy) is 1. The minimum Gasteiger partial charge on any atom is -0.492 e. The number of anilines is 4. The predicted molar refractivity (Wildman–Crippen MR) is 145 cm³/mol. The Morgan fingerprint density at radius 2 is 1.19 bits per heavy atom. The smallest absolute Gasteiger partial charge is 0.259 e. The SMILES string of the molecule is CC(C)COc1ccccc1C(=O)Nc1ccccc1C(=O)Nc1ccc(Nc2ccccc2)cc1. The van der Waals surface area contributed by atoms with Crippen molar-refractivity contribution in [2.45, 2.75) is 13.8 Å². The van der Waals surface area contributed by atoms with Crippen LogP contribution in [0.2, 0.25) is 0 Å². The van der Waals surface area contributed by atoms with Crippen LogP contribution in [0, 0.1) is 5.92 Å². The van der Waals surface area contributed by atoms with Crippen LogP contribution in [0.15, 0.2) is 103 Å². The molecule has 0 saturated carbocycles. The molecule has 36 heavy (non-hydrogen) atoms. The fourth-order valence-corrected chi connectivity index (χ4v) is 3.54. The maximum Gasteiger partial charge on any atom is 0.259 e. The van der Waals surface area contributed by atoms with E-state index >= 15 is 0 Å². The highest BCUT2D eigenvalue weighted by Gasteiger charge is 2.17. The number of para-hydroxylation sites is 3. The first-order chi connectivity index (χ1) is 17.5. The maximum absolute atomic E-state index is 13.1. The van der Waals surface area contributed by atoms with E-state index in [4.69, 9.17) is 4.74 Å². The molecule has 0 aliphatic heterocycles. The van der Waals surface area contributed by atoms with Crippen molar-refractivity contribution in [1.82, 2.24) is 0 Å². The van der Waals surface area contributed by atoms with Gasteiger partial charge in [0.1, 0.15) is 5.75 Å². The summed E-state index contributed by atoms with van der Waals surface area (Å²) in [6.45, 7) is 4.60. The summed E-state index contributed by atoms with van der Waals surface area (Å²) in [5, 5.41) is 9.08. The summed E-state index contributed by atoms with van der Waals surface area (Å²) in [4.78, 5) is 26.1. The van der Waals surface area contributed by atoms with Crippen molar-refractivity contribution >= 4 is 34.6 Å². The van der Waals surface area contributed by atoms with Gasteiger partial charge in [0.15, 0.2) is 0 Å². The highest BCUT2D eigenvalue weighted by atomic mass is 16.5. The molecular weight excluding hydrogens is 450 g/mol. The van der Waals surface area contributed by atoms with Crippen molar-refractivity contribution in [2.75, 3.05) is 22.6 Å². The molecule has 0 radical (unpaired) electrons. The Morgan fingerprint density at radius 3 is 1.92 bits per heavy atom. The van der Waals surface area contributed by atoms with Gasteiger partial charge in [-0.05, 0) is 66.6 Å². The molecule has 0 aliphatic rings. The van der Waals surface area contributed by atoms with Gasteiger partial charge in [0.05, 0.1) is 23.4 Å². The van der Waals surface area contributed by atoms with Gasteiger partial charge >= 0.3 is 0 Å². The summed E-state index contributed by atoms with van der Waals surface area (Å²) in [5.74, 6) is 0.175. The molecule has 4 rings (SSSR count). The number of nitrogens with one attached hydrogen (secondary N) is 3. The Morgan fingerprint density at radius 1 is 0.639 bits per heavy atom. The standard InChI is InChI=1S/C30H29N3O3/c1-21(2)20-36-28-15-9-7-13-26(28)30(35)33-27-14-8-6-12-25(27)29(34)32-24-18-16-23(17-19-24)31-22-10-4-3-5-11-22/h3-19,21,31H,20H2,1-2H3,(H,32,34)(H,33,35). The second-order valence-electron chi connectivity index (χ2n) is 8.72. The van der Waals surface area contributed by atoms with E-state index in [9.17, 15) is 9.59 Å². The van der Waals surface area contributed by atoms with E-state index in [2.05, 4.69) is 16.0 Å². The van der Waals surface area contributed by atoms with Gasteiger partial charge in [0, 0.05) is 17.1 Å². The number of hydrogen-bond donors (Lipinski definition) is 3. The van der Waals surface area contributed by atoms with Crippen LogP contribution >= 0.6 is 0 Å². The summed E-state index contributed by atoms with van der Waals surface area (Å²) in [5.41, 5.74) is 3.72. The topological polar surface area (TPSA) is 79.5 Å². The summed E-state index contributed by atoms with van der Waals surface area (Å²) in [6, 6.07) is 31.3. The van der Waals surface area contributed by atoms with E-state index in [0.717, 1.165) is 11.4 Å². The largest absolute Gasteiger partial charge is 0.492 e. The summed E-state index contributed by atoms with van der Waals surface area (Å²) in [7, 11) is 0. The van der Waals surface area contributed by atoms with Gasteiger partial charge in [0.2, 0.25) is 0 Å². The van der Waals surface area contributed by atoms with Crippen LogP contribution in [-0.4, -0.2) is 18.4 Å². The van der Waals surface area contributed by atoms with Gasteiger partial charge in [-0.3, -0.25) is 9.59 Å². The van der Waals surface area contributed by atoms with Gasteiger partial charge in [-0.2, -0.15) is 0 Å². The maximum atomic E-state index is 13.1. The highest BCUT2D eigenvalue weighted by molar-refractivity contribution is 6.13. The number of carbonyl (C=O) groups is 2. The van der Waals surface area contributed by atoms with E-state index in [0.29, 0.717) is 40.8 Å². The molecule has 0 aromatic heterocycles. The molecule has 3 N–H and O–H groups in total. The van der Waals surface area contributed by atoms with E-state index in [1.54, 1.807) is 42.5 Å². The third-order valence-electron chi connectivity index (χ3n) is 5.33. The fraction of sp³-hybridized carbons (Fsp3) is 0.133. The van der Waals surface area contributed by atoms with Crippen LogP contribution in [0.25, 0.3) is 0 Å². The van der Waals surface area contributed by atoms with Crippen LogP contribution in [0.4, 0.5) is 22.7 Å². The second-order valence-corrected chi connectivity index (χ2v) is 8.72. The quantitative estimate of drug-likeness (QED) is 0.242. The van der Waals surface area contributed by atoms with Crippen molar-refractivity contribution in [3.05, 3.63) is 114 Å². The zero-order valence-corrected chi connectivity index (χ0v) is 20.3. The van der Waals surface area contributed by atoms with Gasteiger partial charge in [-0.15, -0.1) is 0 Å². The van der Waals surface area contributed by atoms with Gasteiger partial charge in [0.25, 0.3) is 11.8 Å². The lowest BCUT2D eigenvalue weighted by Gasteiger charge is -2.15. The van der Waals surface area contributed by atoms with Crippen molar-refractivity contribution in [3.63, 3.8) is 0 Å². The zero-order chi connectivity index (χ0) is 25.3. The Hall–Kier alpha value is -4.58. The van der Waals surface area contributed by atoms with E-state index in [1.807, 2.05) is 74.5 Å². The van der Waals surface area contributed by atoms with Crippen LogP contribution < -0.4 is 20.7 Å².